The van der Waals surface area contributed by atoms with Crippen molar-refractivity contribution in [2.75, 3.05) is 5.32 Å². The van der Waals surface area contributed by atoms with Crippen LogP contribution in [0.3, 0.4) is 0 Å². The predicted octanol–water partition coefficient (Wildman–Crippen LogP) is 6.86. The fourth-order valence-corrected chi connectivity index (χ4v) is 2.66. The van der Waals surface area contributed by atoms with E-state index in [-0.39, 0.29) is 6.04 Å². The van der Waals surface area contributed by atoms with E-state index in [9.17, 15) is 0 Å². The molecular formula is C15H13Cl4N. The van der Waals surface area contributed by atoms with Gasteiger partial charge in [-0.05, 0) is 36.2 Å². The average molecular weight is 349 g/mol. The van der Waals surface area contributed by atoms with Gasteiger partial charge in [-0.2, -0.15) is 0 Å². The molecule has 1 nitrogen and oxygen atoms in total. The highest BCUT2D eigenvalue weighted by Crippen LogP contribution is 2.34. The smallest absolute Gasteiger partial charge is 0.0653 e. The maximum atomic E-state index is 6.19. The molecule has 0 amide bonds. The van der Waals surface area contributed by atoms with E-state index in [1.807, 2.05) is 24.3 Å². The van der Waals surface area contributed by atoms with Gasteiger partial charge in [-0.3, -0.25) is 0 Å². The van der Waals surface area contributed by atoms with E-state index in [1.54, 1.807) is 12.1 Å². The first-order chi connectivity index (χ1) is 9.51. The highest BCUT2D eigenvalue weighted by atomic mass is 35.5. The number of halogens is 4. The lowest BCUT2D eigenvalue weighted by Gasteiger charge is -2.20. The third-order valence-electron chi connectivity index (χ3n) is 3.02. The molecule has 0 aliphatic rings. The number of anilines is 1. The van der Waals surface area contributed by atoms with Crippen LogP contribution in [0.1, 0.15) is 24.9 Å². The molecule has 1 unspecified atom stereocenters. The molecule has 2 aromatic carbocycles. The molecule has 0 aliphatic heterocycles. The molecule has 20 heavy (non-hydrogen) atoms. The van der Waals surface area contributed by atoms with Gasteiger partial charge in [0.15, 0.2) is 0 Å². The normalized spacial score (nSPS) is 12.2. The molecule has 0 saturated carbocycles. The molecule has 0 saturated heterocycles. The van der Waals surface area contributed by atoms with Crippen LogP contribution in [0.15, 0.2) is 36.4 Å². The van der Waals surface area contributed by atoms with Gasteiger partial charge in [-0.15, -0.1) is 0 Å². The van der Waals surface area contributed by atoms with Gasteiger partial charge < -0.3 is 5.32 Å². The zero-order chi connectivity index (χ0) is 14.7. The van der Waals surface area contributed by atoms with Crippen molar-refractivity contribution in [1.82, 2.24) is 0 Å². The topological polar surface area (TPSA) is 12.0 Å². The molecule has 2 aromatic rings. The summed E-state index contributed by atoms with van der Waals surface area (Å²) >= 11 is 24.1. The largest absolute Gasteiger partial charge is 0.377 e. The zero-order valence-corrected chi connectivity index (χ0v) is 13.8. The minimum absolute atomic E-state index is 0.127. The summed E-state index contributed by atoms with van der Waals surface area (Å²) in [4.78, 5) is 0. The summed E-state index contributed by atoms with van der Waals surface area (Å²) in [6.45, 7) is 2.09. The second-order valence-corrected chi connectivity index (χ2v) is 6.06. The molecule has 0 fully saturated rings. The van der Waals surface area contributed by atoms with Crippen molar-refractivity contribution in [1.29, 1.82) is 0 Å². The van der Waals surface area contributed by atoms with Crippen molar-refractivity contribution in [2.24, 2.45) is 0 Å². The Bertz CT molecular complexity index is 596. The maximum absolute atomic E-state index is 6.19. The van der Waals surface area contributed by atoms with E-state index in [1.165, 1.54) is 0 Å². The molecule has 1 atom stereocenters. The monoisotopic (exact) mass is 347 g/mol. The molecule has 5 heteroatoms. The second-order valence-electron chi connectivity index (χ2n) is 4.40. The lowest BCUT2D eigenvalue weighted by molar-refractivity contribution is 0.749. The highest BCUT2D eigenvalue weighted by molar-refractivity contribution is 6.44. The number of hydrogen-bond donors (Lipinski definition) is 1. The molecule has 0 bridgehead atoms. The first-order valence-electron chi connectivity index (χ1n) is 6.17. The van der Waals surface area contributed by atoms with Crippen molar-refractivity contribution in [3.05, 3.63) is 62.1 Å². The fourth-order valence-electron chi connectivity index (χ4n) is 1.94. The average Bonchev–Trinajstić information content (AvgIpc) is 2.42. The van der Waals surface area contributed by atoms with Crippen molar-refractivity contribution in [2.45, 2.75) is 19.4 Å². The molecule has 0 radical (unpaired) electrons. The standard InChI is InChI=1S/C15H13Cl4N/c1-2-14(9-3-5-10(16)6-4-9)20-15-8-12(18)11(17)7-13(15)19/h3-8,14,20H,2H2,1H3. The number of hydrogen-bond acceptors (Lipinski definition) is 1. The predicted molar refractivity (Wildman–Crippen MR) is 89.6 cm³/mol. The third-order valence-corrected chi connectivity index (χ3v) is 4.31. The van der Waals surface area contributed by atoms with Gasteiger partial charge in [-0.1, -0.05) is 65.5 Å². The number of rotatable bonds is 4. The van der Waals surface area contributed by atoms with Crippen molar-refractivity contribution in [3.63, 3.8) is 0 Å². The van der Waals surface area contributed by atoms with E-state index < -0.39 is 0 Å². The Morgan fingerprint density at radius 1 is 0.900 bits per heavy atom. The Kier molecular flexibility index (Phi) is 5.45. The van der Waals surface area contributed by atoms with Gasteiger partial charge in [0, 0.05) is 5.02 Å². The maximum Gasteiger partial charge on any atom is 0.0653 e. The molecule has 2 rings (SSSR count). The van der Waals surface area contributed by atoms with E-state index in [4.69, 9.17) is 46.4 Å². The van der Waals surface area contributed by atoms with E-state index >= 15 is 0 Å². The first kappa shape index (κ1) is 15.8. The Labute approximate surface area is 138 Å². The minimum Gasteiger partial charge on any atom is -0.377 e. The van der Waals surface area contributed by atoms with Crippen LogP contribution in [0.5, 0.6) is 0 Å². The van der Waals surface area contributed by atoms with Crippen LogP contribution < -0.4 is 5.32 Å². The Morgan fingerprint density at radius 3 is 2.10 bits per heavy atom. The van der Waals surface area contributed by atoms with Crippen LogP contribution in [-0.2, 0) is 0 Å². The highest BCUT2D eigenvalue weighted by Gasteiger charge is 2.12. The SMILES string of the molecule is CCC(Nc1cc(Cl)c(Cl)cc1Cl)c1ccc(Cl)cc1. The third kappa shape index (κ3) is 3.73. The minimum atomic E-state index is 0.127. The van der Waals surface area contributed by atoms with Crippen molar-refractivity contribution < 1.29 is 0 Å². The summed E-state index contributed by atoms with van der Waals surface area (Å²) < 4.78 is 0. The van der Waals surface area contributed by atoms with Crippen LogP contribution in [-0.4, -0.2) is 0 Å². The van der Waals surface area contributed by atoms with E-state index in [2.05, 4.69) is 12.2 Å². The summed E-state index contributed by atoms with van der Waals surface area (Å²) in [6.07, 6.45) is 0.901. The molecule has 106 valence electrons. The Morgan fingerprint density at radius 2 is 1.50 bits per heavy atom. The summed E-state index contributed by atoms with van der Waals surface area (Å²) in [5.74, 6) is 0. The van der Waals surface area contributed by atoms with Gasteiger partial charge in [0.05, 0.1) is 26.8 Å². The van der Waals surface area contributed by atoms with Gasteiger partial charge in [0.2, 0.25) is 0 Å². The van der Waals surface area contributed by atoms with Gasteiger partial charge in [0.25, 0.3) is 0 Å². The van der Waals surface area contributed by atoms with Crippen LogP contribution >= 0.6 is 46.4 Å². The Balaban J connectivity index is 2.26. The lowest BCUT2D eigenvalue weighted by Crippen LogP contribution is -2.10. The summed E-state index contributed by atoms with van der Waals surface area (Å²) in [5.41, 5.74) is 1.90. The molecule has 1 N–H and O–H groups in total. The van der Waals surface area contributed by atoms with Crippen LogP contribution in [0, 0.1) is 0 Å². The lowest BCUT2D eigenvalue weighted by atomic mass is 10.0. The van der Waals surface area contributed by atoms with Gasteiger partial charge in [-0.25, -0.2) is 0 Å². The summed E-state index contributed by atoms with van der Waals surface area (Å²) in [6, 6.07) is 11.2. The molecule has 0 aliphatic carbocycles. The van der Waals surface area contributed by atoms with Crippen LogP contribution in [0.2, 0.25) is 20.1 Å². The van der Waals surface area contributed by atoms with Crippen molar-refractivity contribution >= 4 is 52.1 Å². The number of benzene rings is 2. The molecule has 0 spiro atoms. The molecule has 0 aromatic heterocycles. The Hall–Kier alpha value is -0.600. The van der Waals surface area contributed by atoms with E-state index in [0.29, 0.717) is 15.1 Å². The molecule has 0 heterocycles. The van der Waals surface area contributed by atoms with Crippen LogP contribution in [0.4, 0.5) is 5.69 Å². The molecular weight excluding hydrogens is 336 g/mol. The van der Waals surface area contributed by atoms with E-state index in [0.717, 1.165) is 22.7 Å². The van der Waals surface area contributed by atoms with Crippen molar-refractivity contribution in [3.8, 4) is 0 Å². The quantitative estimate of drug-likeness (QED) is 0.595. The zero-order valence-electron chi connectivity index (χ0n) is 10.8. The van der Waals surface area contributed by atoms with Gasteiger partial charge >= 0.3 is 0 Å². The van der Waals surface area contributed by atoms with Gasteiger partial charge in [0.1, 0.15) is 0 Å². The number of nitrogens with one attached hydrogen (secondary N) is 1. The van der Waals surface area contributed by atoms with Crippen LogP contribution in [0.25, 0.3) is 0 Å². The first-order valence-corrected chi connectivity index (χ1v) is 7.69. The summed E-state index contributed by atoms with van der Waals surface area (Å²) in [5, 5.41) is 5.57. The second kappa shape index (κ2) is 6.91. The summed E-state index contributed by atoms with van der Waals surface area (Å²) in [7, 11) is 0. The fraction of sp³-hybridized carbons (Fsp3) is 0.200.